The molecule has 6 nitrogen and oxygen atoms in total. The number of nitrogens with zero attached hydrogens (tertiary/aromatic N) is 2. The van der Waals surface area contributed by atoms with Gasteiger partial charge in [0, 0.05) is 11.8 Å². The Labute approximate surface area is 129 Å². The van der Waals surface area contributed by atoms with Crippen molar-refractivity contribution in [2.24, 2.45) is 16.5 Å². The first kappa shape index (κ1) is 15.6. The van der Waals surface area contributed by atoms with Crippen LogP contribution in [-0.4, -0.2) is 17.6 Å². The lowest BCUT2D eigenvalue weighted by Gasteiger charge is -2.09. The van der Waals surface area contributed by atoms with Crippen LogP contribution in [0.5, 0.6) is 17.4 Å². The largest absolute Gasteiger partial charge is 0.494 e. The summed E-state index contributed by atoms with van der Waals surface area (Å²) in [5.74, 6) is 2.01. The molecule has 22 heavy (non-hydrogen) atoms. The number of guanidine groups is 1. The highest BCUT2D eigenvalue weighted by molar-refractivity contribution is 5.75. The molecule has 0 fully saturated rings. The van der Waals surface area contributed by atoms with Crippen LogP contribution in [0, 0.1) is 0 Å². The minimum atomic E-state index is 0.0345. The molecular formula is C16H20N4O2. The van der Waals surface area contributed by atoms with E-state index >= 15 is 0 Å². The fourth-order valence-electron chi connectivity index (χ4n) is 1.75. The lowest BCUT2D eigenvalue weighted by molar-refractivity contribution is 0.317. The van der Waals surface area contributed by atoms with Gasteiger partial charge in [0.1, 0.15) is 11.5 Å². The van der Waals surface area contributed by atoms with E-state index in [4.69, 9.17) is 20.9 Å². The summed E-state index contributed by atoms with van der Waals surface area (Å²) in [6.45, 7) is 3.09. The van der Waals surface area contributed by atoms with Crippen molar-refractivity contribution < 1.29 is 9.47 Å². The fraction of sp³-hybridized carbons (Fsp3) is 0.250. The minimum absolute atomic E-state index is 0.0345. The molecule has 0 spiro atoms. The Morgan fingerprint density at radius 3 is 2.55 bits per heavy atom. The summed E-state index contributed by atoms with van der Waals surface area (Å²) in [5.41, 5.74) is 11.5. The number of benzene rings is 1. The quantitative estimate of drug-likeness (QED) is 0.605. The van der Waals surface area contributed by atoms with E-state index < -0.39 is 0 Å². The summed E-state index contributed by atoms with van der Waals surface area (Å²) in [4.78, 5) is 8.20. The molecule has 0 radical (unpaired) electrons. The molecule has 116 valence electrons. The van der Waals surface area contributed by atoms with Gasteiger partial charge in [-0.1, -0.05) is 13.0 Å². The predicted octanol–water partition coefficient (Wildman–Crippen LogP) is 2.44. The summed E-state index contributed by atoms with van der Waals surface area (Å²) in [6, 6.07) is 11.1. The fourth-order valence-corrected chi connectivity index (χ4v) is 1.75. The zero-order chi connectivity index (χ0) is 15.8. The predicted molar refractivity (Wildman–Crippen MR) is 86.1 cm³/mol. The van der Waals surface area contributed by atoms with Gasteiger partial charge in [-0.15, -0.1) is 0 Å². The first-order chi connectivity index (χ1) is 10.7. The summed E-state index contributed by atoms with van der Waals surface area (Å²) >= 11 is 0. The Balaban J connectivity index is 2.08. The van der Waals surface area contributed by atoms with Gasteiger partial charge in [0.15, 0.2) is 5.96 Å². The van der Waals surface area contributed by atoms with E-state index in [1.807, 2.05) is 36.4 Å². The lowest BCUT2D eigenvalue weighted by atomic mass is 10.2. The molecule has 0 saturated heterocycles. The van der Waals surface area contributed by atoms with Crippen LogP contribution in [0.4, 0.5) is 0 Å². The molecule has 2 rings (SSSR count). The second-order valence-corrected chi connectivity index (χ2v) is 4.63. The molecule has 0 aliphatic carbocycles. The standard InChI is InChI=1S/C16H20N4O2/c1-2-10-21-13-5-7-14(8-6-13)22-15-12(4-3-9-19-15)11-20-16(17)18/h3-9H,2,10-11H2,1H3,(H4,17,18,20). The Hall–Kier alpha value is -2.76. The Morgan fingerprint density at radius 2 is 1.86 bits per heavy atom. The number of nitrogens with two attached hydrogens (primary N) is 2. The second kappa shape index (κ2) is 7.87. The number of pyridine rings is 1. The molecule has 1 heterocycles. The smallest absolute Gasteiger partial charge is 0.224 e. The number of hydrogen-bond acceptors (Lipinski definition) is 4. The van der Waals surface area contributed by atoms with Crippen LogP contribution >= 0.6 is 0 Å². The summed E-state index contributed by atoms with van der Waals surface area (Å²) in [6.07, 6.45) is 2.63. The molecule has 0 bridgehead atoms. The number of aliphatic imine (C=N–C) groups is 1. The van der Waals surface area contributed by atoms with E-state index in [2.05, 4.69) is 16.9 Å². The molecule has 0 atom stereocenters. The van der Waals surface area contributed by atoms with Crippen LogP contribution in [0.1, 0.15) is 18.9 Å². The zero-order valence-electron chi connectivity index (χ0n) is 12.5. The molecular weight excluding hydrogens is 280 g/mol. The molecule has 1 aromatic carbocycles. The van der Waals surface area contributed by atoms with Gasteiger partial charge in [-0.2, -0.15) is 0 Å². The van der Waals surface area contributed by atoms with Crippen molar-refractivity contribution >= 4 is 5.96 Å². The maximum Gasteiger partial charge on any atom is 0.224 e. The highest BCUT2D eigenvalue weighted by Gasteiger charge is 2.06. The van der Waals surface area contributed by atoms with Crippen LogP contribution in [-0.2, 0) is 6.54 Å². The Bertz CT molecular complexity index is 622. The Morgan fingerprint density at radius 1 is 1.14 bits per heavy atom. The second-order valence-electron chi connectivity index (χ2n) is 4.63. The van der Waals surface area contributed by atoms with E-state index in [1.54, 1.807) is 6.20 Å². The van der Waals surface area contributed by atoms with Gasteiger partial charge in [0.25, 0.3) is 0 Å². The normalized spacial score (nSPS) is 10.0. The molecule has 1 aromatic heterocycles. The molecule has 0 aliphatic heterocycles. The van der Waals surface area contributed by atoms with Crippen molar-refractivity contribution in [3.05, 3.63) is 48.2 Å². The SMILES string of the molecule is CCCOc1ccc(Oc2ncccc2CN=C(N)N)cc1. The summed E-state index contributed by atoms with van der Waals surface area (Å²) < 4.78 is 11.3. The molecule has 0 saturated carbocycles. The third-order valence-electron chi connectivity index (χ3n) is 2.79. The zero-order valence-corrected chi connectivity index (χ0v) is 12.5. The van der Waals surface area contributed by atoms with Gasteiger partial charge in [-0.3, -0.25) is 0 Å². The molecule has 6 heteroatoms. The number of aromatic nitrogens is 1. The first-order valence-corrected chi connectivity index (χ1v) is 7.09. The van der Waals surface area contributed by atoms with Gasteiger partial charge < -0.3 is 20.9 Å². The highest BCUT2D eigenvalue weighted by atomic mass is 16.5. The maximum absolute atomic E-state index is 5.78. The average Bonchev–Trinajstić information content (AvgIpc) is 2.53. The van der Waals surface area contributed by atoms with Crippen LogP contribution in [0.3, 0.4) is 0 Å². The third kappa shape index (κ3) is 4.66. The van der Waals surface area contributed by atoms with Crippen LogP contribution < -0.4 is 20.9 Å². The van der Waals surface area contributed by atoms with Crippen molar-refractivity contribution in [3.63, 3.8) is 0 Å². The minimum Gasteiger partial charge on any atom is -0.494 e. The molecule has 0 unspecified atom stereocenters. The lowest BCUT2D eigenvalue weighted by Crippen LogP contribution is -2.22. The van der Waals surface area contributed by atoms with Gasteiger partial charge in [0.2, 0.25) is 5.88 Å². The van der Waals surface area contributed by atoms with Crippen LogP contribution in [0.15, 0.2) is 47.6 Å². The van der Waals surface area contributed by atoms with Crippen LogP contribution in [0.2, 0.25) is 0 Å². The number of rotatable bonds is 7. The number of hydrogen-bond donors (Lipinski definition) is 2. The molecule has 4 N–H and O–H groups in total. The Kier molecular flexibility index (Phi) is 5.59. The topological polar surface area (TPSA) is 95.8 Å². The molecule has 2 aromatic rings. The van der Waals surface area contributed by atoms with Crippen molar-refractivity contribution in [1.29, 1.82) is 0 Å². The third-order valence-corrected chi connectivity index (χ3v) is 2.79. The van der Waals surface area contributed by atoms with Crippen molar-refractivity contribution in [2.75, 3.05) is 6.61 Å². The monoisotopic (exact) mass is 300 g/mol. The van der Waals surface area contributed by atoms with Crippen molar-refractivity contribution in [1.82, 2.24) is 4.98 Å². The van der Waals surface area contributed by atoms with Crippen molar-refractivity contribution in [3.8, 4) is 17.4 Å². The van der Waals surface area contributed by atoms with Crippen LogP contribution in [0.25, 0.3) is 0 Å². The van der Waals surface area contributed by atoms with Gasteiger partial charge in [-0.05, 0) is 36.8 Å². The van der Waals surface area contributed by atoms with Crippen molar-refractivity contribution in [2.45, 2.75) is 19.9 Å². The number of ether oxygens (including phenoxy) is 2. The molecule has 0 aliphatic rings. The maximum atomic E-state index is 5.78. The molecule has 0 amide bonds. The highest BCUT2D eigenvalue weighted by Crippen LogP contribution is 2.25. The van der Waals surface area contributed by atoms with E-state index in [0.29, 0.717) is 24.8 Å². The average molecular weight is 300 g/mol. The van der Waals surface area contributed by atoms with E-state index in [-0.39, 0.29) is 5.96 Å². The van der Waals surface area contributed by atoms with E-state index in [9.17, 15) is 0 Å². The summed E-state index contributed by atoms with van der Waals surface area (Å²) in [7, 11) is 0. The van der Waals surface area contributed by atoms with Gasteiger partial charge in [-0.25, -0.2) is 9.98 Å². The summed E-state index contributed by atoms with van der Waals surface area (Å²) in [5, 5.41) is 0. The first-order valence-electron chi connectivity index (χ1n) is 7.09. The van der Waals surface area contributed by atoms with E-state index in [1.165, 1.54) is 0 Å². The van der Waals surface area contributed by atoms with E-state index in [0.717, 1.165) is 17.7 Å². The van der Waals surface area contributed by atoms with Gasteiger partial charge >= 0.3 is 0 Å². The van der Waals surface area contributed by atoms with Gasteiger partial charge in [0.05, 0.1) is 13.2 Å².